The van der Waals surface area contributed by atoms with Crippen LogP contribution in [0.5, 0.6) is 0 Å². The van der Waals surface area contributed by atoms with E-state index in [0.29, 0.717) is 4.90 Å². The van der Waals surface area contributed by atoms with Crippen LogP contribution in [0.4, 0.5) is 8.78 Å². The highest BCUT2D eigenvalue weighted by atomic mass is 32.2. The van der Waals surface area contributed by atoms with Crippen molar-refractivity contribution in [2.45, 2.75) is 22.1 Å². The molecule has 0 radical (unpaired) electrons. The first-order valence-corrected chi connectivity index (χ1v) is 9.16. The molecule has 2 N–H and O–H groups in total. The highest BCUT2D eigenvalue weighted by Crippen LogP contribution is 2.60. The first-order valence-electron chi connectivity index (χ1n) is 7.68. The van der Waals surface area contributed by atoms with Gasteiger partial charge in [0.1, 0.15) is 0 Å². The number of benzene rings is 2. The van der Waals surface area contributed by atoms with Crippen LogP contribution in [0, 0.1) is 0 Å². The summed E-state index contributed by atoms with van der Waals surface area (Å²) in [4.78, 5) is 13.0. The summed E-state index contributed by atoms with van der Waals surface area (Å²) in [5.74, 6) is -5.42. The number of aliphatic hydroxyl groups is 1. The van der Waals surface area contributed by atoms with Crippen LogP contribution in [0.15, 0.2) is 59.5 Å². The van der Waals surface area contributed by atoms with Crippen LogP contribution in [-0.2, 0) is 26.1 Å². The van der Waals surface area contributed by atoms with Gasteiger partial charge in [0.05, 0.1) is 4.90 Å². The van der Waals surface area contributed by atoms with Gasteiger partial charge >= 0.3 is 5.92 Å². The maximum Gasteiger partial charge on any atom is 0.330 e. The number of nitrogens with one attached hydrogen (secondary N) is 1. The number of hydrogen-bond donors (Lipinski definition) is 2. The quantitative estimate of drug-likeness (QED) is 0.777. The molecule has 1 spiro atoms. The zero-order valence-electron chi connectivity index (χ0n) is 13.5. The lowest BCUT2D eigenvalue weighted by Gasteiger charge is -2.37. The zero-order valence-corrected chi connectivity index (χ0v) is 14.3. The molecule has 1 amide bonds. The Hall–Kier alpha value is -2.36. The van der Waals surface area contributed by atoms with Crippen molar-refractivity contribution in [3.63, 3.8) is 0 Å². The topological polar surface area (TPSA) is 86.7 Å². The van der Waals surface area contributed by atoms with E-state index < -0.39 is 38.0 Å². The minimum atomic E-state index is -4.35. The lowest BCUT2D eigenvalue weighted by molar-refractivity contribution is -0.237. The molecule has 136 valence electrons. The fourth-order valence-electron chi connectivity index (χ4n) is 3.76. The summed E-state index contributed by atoms with van der Waals surface area (Å²) in [6.07, 6.45) is 0. The van der Waals surface area contributed by atoms with Crippen LogP contribution in [0.25, 0.3) is 0 Å². The van der Waals surface area contributed by atoms with Crippen LogP contribution in [0.1, 0.15) is 11.1 Å². The Morgan fingerprint density at radius 3 is 2.27 bits per heavy atom. The SMILES string of the molecule is CN1C(=O)[C@]2(NS(=O)(=O)c3ccccc32)C(F)(F)[C@@]1(O)c1ccccc1. The Bertz CT molecular complexity index is 1030. The summed E-state index contributed by atoms with van der Waals surface area (Å²) >= 11 is 0. The van der Waals surface area contributed by atoms with Gasteiger partial charge in [-0.15, -0.1) is 0 Å². The average molecular weight is 380 g/mol. The summed E-state index contributed by atoms with van der Waals surface area (Å²) in [5, 5.41) is 11.0. The molecule has 26 heavy (non-hydrogen) atoms. The molecule has 2 atom stereocenters. The Morgan fingerprint density at radius 2 is 1.62 bits per heavy atom. The van der Waals surface area contributed by atoms with Gasteiger partial charge in [-0.1, -0.05) is 48.5 Å². The van der Waals surface area contributed by atoms with E-state index in [9.17, 15) is 18.3 Å². The van der Waals surface area contributed by atoms with E-state index in [4.69, 9.17) is 0 Å². The number of likely N-dealkylation sites (N-methyl/N-ethyl adjacent to an activating group) is 1. The van der Waals surface area contributed by atoms with Crippen molar-refractivity contribution >= 4 is 15.9 Å². The van der Waals surface area contributed by atoms with Crippen LogP contribution in [-0.4, -0.2) is 37.3 Å². The zero-order chi connectivity index (χ0) is 19.0. The highest BCUT2D eigenvalue weighted by molar-refractivity contribution is 7.90. The third-order valence-corrected chi connectivity index (χ3v) is 6.57. The van der Waals surface area contributed by atoms with E-state index in [-0.39, 0.29) is 11.1 Å². The number of halogens is 2. The molecule has 0 saturated carbocycles. The van der Waals surface area contributed by atoms with Gasteiger partial charge in [0, 0.05) is 18.2 Å². The largest absolute Gasteiger partial charge is 0.362 e. The number of alkyl halides is 2. The minimum Gasteiger partial charge on any atom is -0.362 e. The van der Waals surface area contributed by atoms with Gasteiger partial charge in [-0.25, -0.2) is 8.42 Å². The molecule has 2 aliphatic heterocycles. The third-order valence-electron chi connectivity index (χ3n) is 5.06. The Balaban J connectivity index is 2.06. The number of hydrogen-bond acceptors (Lipinski definition) is 4. The Labute approximate surface area is 148 Å². The summed E-state index contributed by atoms with van der Waals surface area (Å²) in [5.41, 5.74) is -6.54. The lowest BCUT2D eigenvalue weighted by Crippen LogP contribution is -2.60. The summed E-state index contributed by atoms with van der Waals surface area (Å²) < 4.78 is 58.1. The molecular formula is C17H14F2N2O4S. The molecule has 4 rings (SSSR count). The molecule has 2 heterocycles. The van der Waals surface area contributed by atoms with Crippen molar-refractivity contribution in [3.05, 3.63) is 65.7 Å². The van der Waals surface area contributed by atoms with Gasteiger partial charge in [-0.05, 0) is 6.07 Å². The standard InChI is InChI=1S/C17H14F2N2O4S/c1-21-14(22)15(12-9-5-6-10-13(12)26(24,25)20-15)17(18,19)16(21,23)11-7-3-2-4-8-11/h2-10,20,23H,1H3/t15-,16-/m0/s1. The number of sulfonamides is 1. The summed E-state index contributed by atoms with van der Waals surface area (Å²) in [7, 11) is -3.32. The van der Waals surface area contributed by atoms with Crippen LogP contribution >= 0.6 is 0 Å². The van der Waals surface area contributed by atoms with Crippen molar-refractivity contribution in [1.82, 2.24) is 9.62 Å². The Kier molecular flexibility index (Phi) is 3.20. The molecule has 9 heteroatoms. The predicted octanol–water partition coefficient (Wildman–Crippen LogP) is 1.13. The molecule has 6 nitrogen and oxygen atoms in total. The van der Waals surface area contributed by atoms with Crippen molar-refractivity contribution < 1.29 is 27.1 Å². The summed E-state index contributed by atoms with van der Waals surface area (Å²) in [6, 6.07) is 12.0. The van der Waals surface area contributed by atoms with Crippen molar-refractivity contribution in [2.75, 3.05) is 7.05 Å². The third kappa shape index (κ3) is 1.65. The van der Waals surface area contributed by atoms with Gasteiger partial charge in [-0.3, -0.25) is 4.79 Å². The second-order valence-corrected chi connectivity index (χ2v) is 7.98. The van der Waals surface area contributed by atoms with E-state index in [2.05, 4.69) is 0 Å². The molecule has 0 bridgehead atoms. The minimum absolute atomic E-state index is 0.221. The van der Waals surface area contributed by atoms with Gasteiger partial charge in [-0.2, -0.15) is 13.5 Å². The number of likely N-dealkylation sites (tertiary alicyclic amines) is 1. The molecule has 1 saturated heterocycles. The number of amides is 1. The second kappa shape index (κ2) is 4.87. The number of nitrogens with zero attached hydrogens (tertiary/aromatic N) is 1. The van der Waals surface area contributed by atoms with Gasteiger partial charge < -0.3 is 10.0 Å². The normalized spacial score (nSPS) is 31.4. The van der Waals surface area contributed by atoms with Crippen LogP contribution in [0.2, 0.25) is 0 Å². The first-order chi connectivity index (χ1) is 12.1. The van der Waals surface area contributed by atoms with E-state index in [1.807, 2.05) is 4.72 Å². The van der Waals surface area contributed by atoms with Gasteiger partial charge in [0.25, 0.3) is 5.91 Å². The molecule has 0 aromatic heterocycles. The van der Waals surface area contributed by atoms with E-state index in [1.54, 1.807) is 6.07 Å². The summed E-state index contributed by atoms with van der Waals surface area (Å²) in [6.45, 7) is 0. The molecule has 2 aromatic rings. The van der Waals surface area contributed by atoms with E-state index >= 15 is 8.78 Å². The number of rotatable bonds is 1. The first kappa shape index (κ1) is 17.1. The Morgan fingerprint density at radius 1 is 1.04 bits per heavy atom. The molecule has 1 fully saturated rings. The smallest absolute Gasteiger partial charge is 0.330 e. The van der Waals surface area contributed by atoms with Gasteiger partial charge in [0.15, 0.2) is 0 Å². The number of fused-ring (bicyclic) bond motifs is 2. The lowest BCUT2D eigenvalue weighted by atomic mass is 9.81. The van der Waals surface area contributed by atoms with E-state index in [0.717, 1.165) is 19.2 Å². The second-order valence-electron chi connectivity index (χ2n) is 6.33. The van der Waals surface area contributed by atoms with E-state index in [1.165, 1.54) is 36.4 Å². The number of carbonyl (C=O) groups is 1. The molecule has 0 aliphatic carbocycles. The van der Waals surface area contributed by atoms with Gasteiger partial charge in [0.2, 0.25) is 21.3 Å². The van der Waals surface area contributed by atoms with Crippen LogP contribution in [0.3, 0.4) is 0 Å². The fourth-order valence-corrected chi connectivity index (χ4v) is 5.37. The monoisotopic (exact) mass is 380 g/mol. The average Bonchev–Trinajstić information content (AvgIpc) is 2.94. The van der Waals surface area contributed by atoms with Crippen molar-refractivity contribution in [1.29, 1.82) is 0 Å². The molecular weight excluding hydrogens is 366 g/mol. The predicted molar refractivity (Wildman–Crippen MR) is 86.5 cm³/mol. The molecule has 0 unspecified atom stereocenters. The van der Waals surface area contributed by atoms with Crippen LogP contribution < -0.4 is 4.72 Å². The highest BCUT2D eigenvalue weighted by Gasteiger charge is 2.82. The van der Waals surface area contributed by atoms with Crippen molar-refractivity contribution in [3.8, 4) is 0 Å². The van der Waals surface area contributed by atoms with Crippen molar-refractivity contribution in [2.24, 2.45) is 0 Å². The maximum absolute atomic E-state index is 15.7. The maximum atomic E-state index is 15.7. The molecule has 2 aromatic carbocycles. The molecule has 2 aliphatic rings. The number of carbonyl (C=O) groups excluding carboxylic acids is 1. The fraction of sp³-hybridized carbons (Fsp3) is 0.235.